The summed E-state index contributed by atoms with van der Waals surface area (Å²) in [5, 5.41) is 3.02. The van der Waals surface area contributed by atoms with Crippen LogP contribution in [0.3, 0.4) is 0 Å². The summed E-state index contributed by atoms with van der Waals surface area (Å²) in [7, 11) is -2.02. The van der Waals surface area contributed by atoms with Crippen LogP contribution in [0.25, 0.3) is 0 Å². The number of ether oxygens (including phenoxy) is 1. The lowest BCUT2D eigenvalue weighted by Crippen LogP contribution is -2.37. The summed E-state index contributed by atoms with van der Waals surface area (Å²) in [5.41, 5.74) is 2.00. The number of rotatable bonds is 7. The summed E-state index contributed by atoms with van der Waals surface area (Å²) in [6, 6.07) is 18.1. The van der Waals surface area contributed by atoms with E-state index in [-0.39, 0.29) is 16.5 Å². The number of amides is 1. The molecule has 2 N–H and O–H groups in total. The number of nitrogens with one attached hydrogen (secondary N) is 2. The van der Waals surface area contributed by atoms with Gasteiger partial charge in [-0.1, -0.05) is 42.5 Å². The van der Waals surface area contributed by atoms with Crippen molar-refractivity contribution in [2.75, 3.05) is 31.7 Å². The van der Waals surface area contributed by atoms with Crippen LogP contribution in [-0.2, 0) is 10.0 Å². The van der Waals surface area contributed by atoms with Crippen molar-refractivity contribution in [1.29, 1.82) is 0 Å². The molecule has 1 saturated heterocycles. The van der Waals surface area contributed by atoms with Crippen molar-refractivity contribution in [2.45, 2.75) is 10.9 Å². The van der Waals surface area contributed by atoms with E-state index in [1.165, 1.54) is 16.6 Å². The first-order valence-electron chi connectivity index (χ1n) is 10.2. The SMILES string of the molecule is COc1ccc(C(NC(=O)c2cc(S(=O)(=O)N3CCSCC3)c[nH]2)c2ccccc2)cc1. The quantitative estimate of drug-likeness (QED) is 0.552. The summed E-state index contributed by atoms with van der Waals surface area (Å²) in [6.45, 7) is 0.959. The molecule has 1 fully saturated rings. The largest absolute Gasteiger partial charge is 0.497 e. The fourth-order valence-electron chi connectivity index (χ4n) is 3.60. The molecule has 1 aromatic heterocycles. The van der Waals surface area contributed by atoms with Crippen LogP contribution in [-0.4, -0.2) is 55.3 Å². The van der Waals surface area contributed by atoms with Gasteiger partial charge in [-0.2, -0.15) is 16.1 Å². The number of aromatic nitrogens is 1. The van der Waals surface area contributed by atoms with E-state index < -0.39 is 16.1 Å². The average molecular weight is 472 g/mol. The second-order valence-corrected chi connectivity index (χ2v) is 10.5. The minimum atomic E-state index is -3.62. The van der Waals surface area contributed by atoms with Gasteiger partial charge in [0.15, 0.2) is 0 Å². The molecule has 3 aromatic rings. The fraction of sp³-hybridized carbons (Fsp3) is 0.261. The topological polar surface area (TPSA) is 91.5 Å². The number of methoxy groups -OCH3 is 1. The van der Waals surface area contributed by atoms with Crippen LogP contribution in [0.2, 0.25) is 0 Å². The van der Waals surface area contributed by atoms with Crippen molar-refractivity contribution in [3.63, 3.8) is 0 Å². The summed E-state index contributed by atoms with van der Waals surface area (Å²) < 4.78 is 32.5. The number of sulfonamides is 1. The third kappa shape index (κ3) is 4.85. The van der Waals surface area contributed by atoms with E-state index in [0.717, 1.165) is 28.4 Å². The van der Waals surface area contributed by atoms with E-state index in [1.54, 1.807) is 18.9 Å². The zero-order valence-electron chi connectivity index (χ0n) is 17.7. The van der Waals surface area contributed by atoms with Gasteiger partial charge in [0.1, 0.15) is 16.3 Å². The molecule has 0 saturated carbocycles. The molecule has 2 heterocycles. The predicted molar refractivity (Wildman–Crippen MR) is 126 cm³/mol. The molecule has 1 unspecified atom stereocenters. The summed E-state index contributed by atoms with van der Waals surface area (Å²) >= 11 is 1.74. The first-order chi connectivity index (χ1) is 15.5. The first-order valence-corrected chi connectivity index (χ1v) is 12.8. The van der Waals surface area contributed by atoms with Gasteiger partial charge in [-0.3, -0.25) is 4.79 Å². The number of hydrogen-bond acceptors (Lipinski definition) is 5. The number of aromatic amines is 1. The minimum Gasteiger partial charge on any atom is -0.497 e. The van der Waals surface area contributed by atoms with Crippen molar-refractivity contribution in [3.05, 3.63) is 83.7 Å². The average Bonchev–Trinajstić information content (AvgIpc) is 3.35. The van der Waals surface area contributed by atoms with E-state index in [1.807, 2.05) is 54.6 Å². The zero-order valence-corrected chi connectivity index (χ0v) is 19.3. The van der Waals surface area contributed by atoms with E-state index in [2.05, 4.69) is 10.3 Å². The molecule has 2 aromatic carbocycles. The van der Waals surface area contributed by atoms with Gasteiger partial charge in [0.05, 0.1) is 13.2 Å². The van der Waals surface area contributed by atoms with Crippen molar-refractivity contribution in [3.8, 4) is 5.75 Å². The molecule has 7 nitrogen and oxygen atoms in total. The molecule has 0 bridgehead atoms. The first kappa shape index (κ1) is 22.4. The Labute approximate surface area is 192 Å². The molecule has 1 aliphatic rings. The minimum absolute atomic E-state index is 0.107. The highest BCUT2D eigenvalue weighted by Crippen LogP contribution is 2.25. The second kappa shape index (κ2) is 9.81. The molecule has 1 aliphatic heterocycles. The van der Waals surface area contributed by atoms with E-state index in [0.29, 0.717) is 13.1 Å². The van der Waals surface area contributed by atoms with Crippen LogP contribution in [0.1, 0.15) is 27.7 Å². The number of thioether (sulfide) groups is 1. The molecule has 1 atom stereocenters. The van der Waals surface area contributed by atoms with Crippen molar-refractivity contribution >= 4 is 27.7 Å². The Bertz CT molecular complexity index is 1160. The highest BCUT2D eigenvalue weighted by molar-refractivity contribution is 7.99. The van der Waals surface area contributed by atoms with Gasteiger partial charge >= 0.3 is 0 Å². The van der Waals surface area contributed by atoms with Gasteiger partial charge in [0, 0.05) is 30.8 Å². The van der Waals surface area contributed by atoms with E-state index in [9.17, 15) is 13.2 Å². The smallest absolute Gasteiger partial charge is 0.268 e. The van der Waals surface area contributed by atoms with E-state index in [4.69, 9.17) is 4.74 Å². The van der Waals surface area contributed by atoms with Crippen LogP contribution >= 0.6 is 11.8 Å². The molecular formula is C23H25N3O4S2. The standard InChI is InChI=1S/C23H25N3O4S2/c1-30-19-9-7-18(8-10-19)22(17-5-3-2-4-6-17)25-23(27)21-15-20(16-24-21)32(28,29)26-11-13-31-14-12-26/h2-10,15-16,22,24H,11-14H2,1H3,(H,25,27). The number of carbonyl (C=O) groups is 1. The number of carbonyl (C=O) groups excluding carboxylic acids is 1. The Kier molecular flexibility index (Phi) is 6.88. The monoisotopic (exact) mass is 471 g/mol. The van der Waals surface area contributed by atoms with Crippen LogP contribution in [0.15, 0.2) is 71.8 Å². The lowest BCUT2D eigenvalue weighted by Gasteiger charge is -2.24. The van der Waals surface area contributed by atoms with Crippen molar-refractivity contribution < 1.29 is 17.9 Å². The Hall–Kier alpha value is -2.75. The molecule has 9 heteroatoms. The second-order valence-electron chi connectivity index (χ2n) is 7.36. The Morgan fingerprint density at radius 3 is 2.38 bits per heavy atom. The molecule has 4 rings (SSSR count). The van der Waals surface area contributed by atoms with Crippen LogP contribution in [0.4, 0.5) is 0 Å². The Morgan fingerprint density at radius 2 is 1.72 bits per heavy atom. The molecule has 32 heavy (non-hydrogen) atoms. The third-order valence-electron chi connectivity index (χ3n) is 5.37. The van der Waals surface area contributed by atoms with Crippen LogP contribution < -0.4 is 10.1 Å². The molecule has 168 valence electrons. The van der Waals surface area contributed by atoms with Gasteiger partial charge in [0.2, 0.25) is 10.0 Å². The van der Waals surface area contributed by atoms with Crippen LogP contribution in [0, 0.1) is 0 Å². The summed E-state index contributed by atoms with van der Waals surface area (Å²) in [5.74, 6) is 1.89. The number of hydrogen-bond donors (Lipinski definition) is 2. The maximum absolute atomic E-state index is 13.1. The lowest BCUT2D eigenvalue weighted by atomic mass is 9.98. The summed E-state index contributed by atoms with van der Waals surface area (Å²) in [4.78, 5) is 16.0. The Morgan fingerprint density at radius 1 is 1.06 bits per heavy atom. The third-order valence-corrected chi connectivity index (χ3v) is 8.19. The normalized spacial score (nSPS) is 15.8. The van der Waals surface area contributed by atoms with Gasteiger partial charge in [0.25, 0.3) is 5.91 Å². The lowest BCUT2D eigenvalue weighted by molar-refractivity contribution is 0.0938. The maximum atomic E-state index is 13.1. The maximum Gasteiger partial charge on any atom is 0.268 e. The van der Waals surface area contributed by atoms with Gasteiger partial charge < -0.3 is 15.0 Å². The summed E-state index contributed by atoms with van der Waals surface area (Å²) in [6.07, 6.45) is 1.39. The fourth-order valence-corrected chi connectivity index (χ4v) is 6.17. The van der Waals surface area contributed by atoms with E-state index >= 15 is 0 Å². The van der Waals surface area contributed by atoms with Crippen molar-refractivity contribution in [1.82, 2.24) is 14.6 Å². The number of benzene rings is 2. The zero-order chi connectivity index (χ0) is 22.6. The molecule has 0 radical (unpaired) electrons. The molecule has 0 spiro atoms. The van der Waals surface area contributed by atoms with Crippen LogP contribution in [0.5, 0.6) is 5.75 Å². The number of H-pyrrole nitrogens is 1. The number of nitrogens with zero attached hydrogens (tertiary/aromatic N) is 1. The molecule has 1 amide bonds. The predicted octanol–water partition coefficient (Wildman–Crippen LogP) is 3.28. The van der Waals surface area contributed by atoms with Crippen molar-refractivity contribution in [2.24, 2.45) is 0 Å². The Balaban J connectivity index is 1.57. The highest BCUT2D eigenvalue weighted by atomic mass is 32.2. The van der Waals surface area contributed by atoms with Gasteiger partial charge in [-0.15, -0.1) is 0 Å². The van der Waals surface area contributed by atoms with Gasteiger partial charge in [-0.25, -0.2) is 8.42 Å². The highest BCUT2D eigenvalue weighted by Gasteiger charge is 2.28. The van der Waals surface area contributed by atoms with Gasteiger partial charge in [-0.05, 0) is 29.3 Å². The molecular weight excluding hydrogens is 446 g/mol. The molecule has 0 aliphatic carbocycles.